The maximum atomic E-state index is 12.9. The van der Waals surface area contributed by atoms with E-state index in [1.807, 2.05) is 58.0 Å². The fraction of sp³-hybridized carbons (Fsp3) is 0.379. The van der Waals surface area contributed by atoms with Crippen LogP contribution in [-0.2, 0) is 4.74 Å². The lowest BCUT2D eigenvalue weighted by molar-refractivity contribution is 0.0170. The third-order valence-electron chi connectivity index (χ3n) is 5.88. The summed E-state index contributed by atoms with van der Waals surface area (Å²) in [5.41, 5.74) is 1.61. The van der Waals surface area contributed by atoms with E-state index in [9.17, 15) is 14.4 Å². The molecule has 37 heavy (non-hydrogen) atoms. The summed E-state index contributed by atoms with van der Waals surface area (Å²) in [6, 6.07) is 16.0. The number of nitrogens with zero attached hydrogens (tertiary/aromatic N) is 3. The van der Waals surface area contributed by atoms with Gasteiger partial charge in [0.25, 0.3) is 5.91 Å². The third kappa shape index (κ3) is 7.29. The van der Waals surface area contributed by atoms with Gasteiger partial charge in [0, 0.05) is 23.9 Å². The average Bonchev–Trinajstić information content (AvgIpc) is 2.85. The number of benzene rings is 2. The highest BCUT2D eigenvalue weighted by molar-refractivity contribution is 6.04. The van der Waals surface area contributed by atoms with Crippen LogP contribution in [0.15, 0.2) is 65.6 Å². The van der Waals surface area contributed by atoms with Crippen molar-refractivity contribution in [2.45, 2.75) is 66.0 Å². The lowest BCUT2D eigenvalue weighted by atomic mass is 10.1. The molecule has 1 N–H and O–H groups in total. The number of hydrogen-bond donors (Lipinski definition) is 1. The zero-order valence-corrected chi connectivity index (χ0v) is 22.4. The number of anilines is 1. The Kier molecular flexibility index (Phi) is 8.86. The van der Waals surface area contributed by atoms with Gasteiger partial charge in [-0.15, -0.1) is 0 Å². The Labute approximate surface area is 218 Å². The summed E-state index contributed by atoms with van der Waals surface area (Å²) in [6.07, 6.45) is 3.14. The molecule has 0 aliphatic heterocycles. The second-order valence-corrected chi connectivity index (χ2v) is 10.0. The van der Waals surface area contributed by atoms with Gasteiger partial charge in [0.05, 0.1) is 11.7 Å². The lowest BCUT2D eigenvalue weighted by Gasteiger charge is -2.32. The molecule has 8 nitrogen and oxygen atoms in total. The van der Waals surface area contributed by atoms with Gasteiger partial charge in [0.2, 0.25) is 0 Å². The summed E-state index contributed by atoms with van der Waals surface area (Å²) in [5, 5.41) is 2.71. The summed E-state index contributed by atoms with van der Waals surface area (Å²) < 4.78 is 7.07. The first-order valence-electron chi connectivity index (χ1n) is 12.6. The van der Waals surface area contributed by atoms with Crippen molar-refractivity contribution in [3.05, 3.63) is 88.0 Å². The van der Waals surface area contributed by atoms with E-state index in [2.05, 4.69) is 17.2 Å². The van der Waals surface area contributed by atoms with Gasteiger partial charge in [-0.2, -0.15) is 4.98 Å². The first kappa shape index (κ1) is 27.6. The molecule has 3 aromatic rings. The molecule has 2 amide bonds. The molecule has 0 fully saturated rings. The van der Waals surface area contributed by atoms with E-state index in [0.717, 1.165) is 18.4 Å². The van der Waals surface area contributed by atoms with E-state index in [0.29, 0.717) is 23.4 Å². The fourth-order valence-electron chi connectivity index (χ4n) is 3.81. The van der Waals surface area contributed by atoms with Crippen LogP contribution >= 0.6 is 0 Å². The lowest BCUT2D eigenvalue weighted by Crippen LogP contribution is -2.39. The Morgan fingerprint density at radius 2 is 1.73 bits per heavy atom. The highest BCUT2D eigenvalue weighted by atomic mass is 16.6. The molecule has 2 aromatic carbocycles. The number of unbranched alkanes of at least 4 members (excludes halogenated alkanes) is 1. The Morgan fingerprint density at radius 3 is 2.32 bits per heavy atom. The molecule has 0 radical (unpaired) electrons. The highest BCUT2D eigenvalue weighted by Gasteiger charge is 2.26. The molecule has 0 aliphatic rings. The van der Waals surface area contributed by atoms with Gasteiger partial charge in [-0.25, -0.2) is 9.59 Å². The fourth-order valence-corrected chi connectivity index (χ4v) is 3.81. The van der Waals surface area contributed by atoms with Crippen molar-refractivity contribution >= 4 is 17.8 Å². The molecule has 196 valence electrons. The number of nitrogens with one attached hydrogen (secondary N) is 1. The minimum absolute atomic E-state index is 0.206. The Morgan fingerprint density at radius 1 is 1.08 bits per heavy atom. The number of carbonyl (C=O) groups is 2. The molecular weight excluding hydrogens is 468 g/mol. The number of aromatic nitrogens is 2. The summed E-state index contributed by atoms with van der Waals surface area (Å²) in [4.78, 5) is 44.0. The van der Waals surface area contributed by atoms with E-state index >= 15 is 0 Å². The molecule has 3 rings (SSSR count). The van der Waals surface area contributed by atoms with Gasteiger partial charge in [-0.3, -0.25) is 9.36 Å². The molecule has 0 spiro atoms. The van der Waals surface area contributed by atoms with Crippen LogP contribution in [0.2, 0.25) is 0 Å². The van der Waals surface area contributed by atoms with Crippen LogP contribution in [0.3, 0.4) is 0 Å². The second-order valence-electron chi connectivity index (χ2n) is 10.0. The third-order valence-corrected chi connectivity index (χ3v) is 5.88. The summed E-state index contributed by atoms with van der Waals surface area (Å²) in [5.74, 6) is -0.103. The predicted octanol–water partition coefficient (Wildman–Crippen LogP) is 5.89. The van der Waals surface area contributed by atoms with E-state index in [-0.39, 0.29) is 23.9 Å². The first-order chi connectivity index (χ1) is 17.5. The number of aryl methyl sites for hydroxylation is 1. The molecule has 1 atom stereocenters. The minimum atomic E-state index is -0.579. The maximum Gasteiger partial charge on any atom is 0.410 e. The quantitative estimate of drug-likeness (QED) is 0.413. The first-order valence-corrected chi connectivity index (χ1v) is 12.6. The Bertz CT molecular complexity index is 1280. The Balaban J connectivity index is 1.81. The minimum Gasteiger partial charge on any atom is -0.444 e. The Hall–Kier alpha value is -3.94. The monoisotopic (exact) mass is 504 g/mol. The van der Waals surface area contributed by atoms with Crippen LogP contribution in [0.25, 0.3) is 5.69 Å². The maximum absolute atomic E-state index is 12.9. The van der Waals surface area contributed by atoms with E-state index in [4.69, 9.17) is 4.74 Å². The summed E-state index contributed by atoms with van der Waals surface area (Å²) in [7, 11) is 0. The number of rotatable bonds is 8. The number of amides is 2. The standard InChI is InChI=1S/C29H36N4O4/c1-7-8-18-32(28(36)37-29(4,5)6)21(3)22-14-16-24(17-15-22)33-19-20(2)25(31-27(33)35)30-26(34)23-12-10-9-11-13-23/h9-17,19,21H,7-8,18H2,1-6H3,(H,30,31,34,35)/t21-/m0/s1. The van der Waals surface area contributed by atoms with Gasteiger partial charge in [0.1, 0.15) is 11.4 Å². The van der Waals surface area contributed by atoms with Crippen LogP contribution in [0.1, 0.15) is 75.0 Å². The molecule has 8 heteroatoms. The van der Waals surface area contributed by atoms with Crippen LogP contribution < -0.4 is 11.0 Å². The zero-order valence-electron chi connectivity index (χ0n) is 22.4. The molecule has 0 bridgehead atoms. The molecular formula is C29H36N4O4. The van der Waals surface area contributed by atoms with E-state index < -0.39 is 11.3 Å². The van der Waals surface area contributed by atoms with Crippen molar-refractivity contribution in [1.82, 2.24) is 14.5 Å². The van der Waals surface area contributed by atoms with Gasteiger partial charge in [-0.1, -0.05) is 43.7 Å². The normalized spacial score (nSPS) is 12.1. The second kappa shape index (κ2) is 11.9. The molecule has 1 aromatic heterocycles. The molecule has 0 unspecified atom stereocenters. The van der Waals surface area contributed by atoms with Crippen molar-refractivity contribution in [1.29, 1.82) is 0 Å². The van der Waals surface area contributed by atoms with Crippen molar-refractivity contribution in [3.8, 4) is 5.69 Å². The predicted molar refractivity (Wildman–Crippen MR) is 145 cm³/mol. The van der Waals surface area contributed by atoms with Gasteiger partial charge >= 0.3 is 11.8 Å². The number of carbonyl (C=O) groups excluding carboxylic acids is 2. The topological polar surface area (TPSA) is 93.5 Å². The van der Waals surface area contributed by atoms with Crippen molar-refractivity contribution in [2.24, 2.45) is 0 Å². The highest BCUT2D eigenvalue weighted by Crippen LogP contribution is 2.25. The van der Waals surface area contributed by atoms with Gasteiger partial charge in [-0.05, 0) is 70.9 Å². The van der Waals surface area contributed by atoms with E-state index in [1.165, 1.54) is 4.57 Å². The molecule has 1 heterocycles. The zero-order chi connectivity index (χ0) is 27.2. The number of ether oxygens (including phenoxy) is 1. The molecule has 0 saturated heterocycles. The number of hydrogen-bond acceptors (Lipinski definition) is 5. The van der Waals surface area contributed by atoms with Gasteiger partial charge < -0.3 is 15.0 Å². The van der Waals surface area contributed by atoms with Crippen LogP contribution in [-0.4, -0.2) is 38.6 Å². The van der Waals surface area contributed by atoms with Crippen molar-refractivity contribution < 1.29 is 14.3 Å². The van der Waals surface area contributed by atoms with E-state index in [1.54, 1.807) is 42.3 Å². The van der Waals surface area contributed by atoms with Crippen LogP contribution in [0.4, 0.5) is 10.6 Å². The van der Waals surface area contributed by atoms with Crippen LogP contribution in [0.5, 0.6) is 0 Å². The smallest absolute Gasteiger partial charge is 0.410 e. The molecule has 0 aliphatic carbocycles. The SMILES string of the molecule is CCCCN(C(=O)OC(C)(C)C)[C@@H](C)c1ccc(-n2cc(C)c(NC(=O)c3ccccc3)nc2=O)cc1. The van der Waals surface area contributed by atoms with Crippen molar-refractivity contribution in [2.75, 3.05) is 11.9 Å². The summed E-state index contributed by atoms with van der Waals surface area (Å²) >= 11 is 0. The average molecular weight is 505 g/mol. The van der Waals surface area contributed by atoms with Crippen LogP contribution in [0, 0.1) is 6.92 Å². The summed E-state index contributed by atoms with van der Waals surface area (Å²) in [6.45, 7) is 12.0. The van der Waals surface area contributed by atoms with Crippen molar-refractivity contribution in [3.63, 3.8) is 0 Å². The van der Waals surface area contributed by atoms with Gasteiger partial charge in [0.15, 0.2) is 0 Å². The molecule has 0 saturated carbocycles. The largest absolute Gasteiger partial charge is 0.444 e.